The monoisotopic (exact) mass is 270 g/mol. The maximum absolute atomic E-state index is 12.2. The van der Waals surface area contributed by atoms with Crippen LogP contribution in [0.25, 0.3) is 0 Å². The first-order chi connectivity index (χ1) is 9.58. The highest BCUT2D eigenvalue weighted by Gasteiger charge is 2.09. The third-order valence-electron chi connectivity index (χ3n) is 2.74. The summed E-state index contributed by atoms with van der Waals surface area (Å²) in [4.78, 5) is 20.7. The number of carbonyl (C=O) groups is 1. The minimum absolute atomic E-state index is 0.166. The Bertz CT molecular complexity index is 608. The van der Waals surface area contributed by atoms with Gasteiger partial charge in [0, 0.05) is 23.5 Å². The maximum atomic E-state index is 12.2. The van der Waals surface area contributed by atoms with Crippen molar-refractivity contribution in [3.63, 3.8) is 0 Å². The lowest BCUT2D eigenvalue weighted by atomic mass is 10.2. The van der Waals surface area contributed by atoms with Crippen LogP contribution in [0.5, 0.6) is 0 Å². The van der Waals surface area contributed by atoms with E-state index in [1.165, 1.54) is 0 Å². The normalized spacial score (nSPS) is 10.2. The lowest BCUT2D eigenvalue weighted by Gasteiger charge is -2.08. The lowest BCUT2D eigenvalue weighted by molar-refractivity contribution is 0.102. The molecule has 0 atom stereocenters. The van der Waals surface area contributed by atoms with E-state index in [0.717, 1.165) is 17.9 Å². The largest absolute Gasteiger partial charge is 0.370 e. The third-order valence-corrected chi connectivity index (χ3v) is 2.74. The molecule has 0 spiro atoms. The fourth-order valence-corrected chi connectivity index (χ4v) is 1.82. The molecule has 2 rings (SSSR count). The molecule has 5 nitrogen and oxygen atoms in total. The molecule has 0 aliphatic rings. The molecule has 2 heterocycles. The molecule has 20 heavy (non-hydrogen) atoms. The molecule has 2 N–H and O–H groups in total. The van der Waals surface area contributed by atoms with Crippen molar-refractivity contribution in [3.8, 4) is 0 Å². The van der Waals surface area contributed by atoms with Crippen LogP contribution in [0, 0.1) is 13.8 Å². The fourth-order valence-electron chi connectivity index (χ4n) is 1.82. The molecular weight excluding hydrogens is 252 g/mol. The van der Waals surface area contributed by atoms with Gasteiger partial charge in [0.25, 0.3) is 5.91 Å². The first-order valence-electron chi connectivity index (χ1n) is 6.55. The Hall–Kier alpha value is -2.43. The van der Waals surface area contributed by atoms with E-state index in [2.05, 4.69) is 20.6 Å². The molecule has 0 aliphatic heterocycles. The molecule has 0 aromatic carbocycles. The summed E-state index contributed by atoms with van der Waals surface area (Å²) < 4.78 is 0. The molecule has 0 unspecified atom stereocenters. The highest BCUT2D eigenvalue weighted by Crippen LogP contribution is 2.13. The Morgan fingerprint density at radius 1 is 1.20 bits per heavy atom. The fraction of sp³-hybridized carbons (Fsp3) is 0.267. The van der Waals surface area contributed by atoms with Crippen molar-refractivity contribution < 1.29 is 4.79 Å². The Labute approximate surface area is 118 Å². The van der Waals surface area contributed by atoms with Crippen molar-refractivity contribution in [1.29, 1.82) is 0 Å². The van der Waals surface area contributed by atoms with Crippen molar-refractivity contribution in [2.45, 2.75) is 20.8 Å². The zero-order chi connectivity index (χ0) is 14.5. The standard InChI is InChI=1S/C15H18N4O/c1-4-16-14-8-12(7-11(3)18-14)15(20)19-13-6-5-10(2)17-9-13/h5-9H,4H2,1-3H3,(H,16,18)(H,19,20). The number of aryl methyl sites for hydroxylation is 2. The third kappa shape index (κ3) is 3.54. The molecule has 2 aromatic heterocycles. The predicted octanol–water partition coefficient (Wildman–Crippen LogP) is 2.78. The number of rotatable bonds is 4. The second kappa shape index (κ2) is 6.14. The lowest BCUT2D eigenvalue weighted by Crippen LogP contribution is -2.13. The van der Waals surface area contributed by atoms with E-state index in [-0.39, 0.29) is 5.91 Å². The number of hydrogen-bond donors (Lipinski definition) is 2. The molecule has 0 aliphatic carbocycles. The molecule has 0 fully saturated rings. The second-order valence-electron chi connectivity index (χ2n) is 4.56. The first-order valence-corrected chi connectivity index (χ1v) is 6.55. The maximum Gasteiger partial charge on any atom is 0.255 e. The van der Waals surface area contributed by atoms with Crippen molar-refractivity contribution in [2.75, 3.05) is 17.2 Å². The van der Waals surface area contributed by atoms with Crippen LogP contribution in [-0.4, -0.2) is 22.4 Å². The molecule has 5 heteroatoms. The molecular formula is C15H18N4O. The molecule has 0 saturated heterocycles. The van der Waals surface area contributed by atoms with E-state index in [9.17, 15) is 4.79 Å². The Kier molecular flexibility index (Phi) is 4.30. The van der Waals surface area contributed by atoms with E-state index in [0.29, 0.717) is 17.1 Å². The molecule has 1 amide bonds. The minimum Gasteiger partial charge on any atom is -0.370 e. The summed E-state index contributed by atoms with van der Waals surface area (Å²) in [6, 6.07) is 7.20. The number of nitrogens with zero attached hydrogens (tertiary/aromatic N) is 2. The van der Waals surface area contributed by atoms with Crippen molar-refractivity contribution in [3.05, 3.63) is 47.4 Å². The van der Waals surface area contributed by atoms with Gasteiger partial charge >= 0.3 is 0 Å². The van der Waals surface area contributed by atoms with Gasteiger partial charge < -0.3 is 10.6 Å². The average Bonchev–Trinajstić information content (AvgIpc) is 2.41. The van der Waals surface area contributed by atoms with Gasteiger partial charge in [-0.2, -0.15) is 0 Å². The van der Waals surface area contributed by atoms with Gasteiger partial charge in [-0.05, 0) is 45.0 Å². The van der Waals surface area contributed by atoms with Crippen molar-refractivity contribution in [1.82, 2.24) is 9.97 Å². The summed E-state index contributed by atoms with van der Waals surface area (Å²) in [6.07, 6.45) is 1.65. The quantitative estimate of drug-likeness (QED) is 0.896. The van der Waals surface area contributed by atoms with Gasteiger partial charge in [-0.3, -0.25) is 9.78 Å². The summed E-state index contributed by atoms with van der Waals surface area (Å²) in [6.45, 7) is 6.52. The number of aromatic nitrogens is 2. The minimum atomic E-state index is -0.166. The van der Waals surface area contributed by atoms with Gasteiger partial charge in [0.1, 0.15) is 5.82 Å². The van der Waals surface area contributed by atoms with Crippen molar-refractivity contribution >= 4 is 17.4 Å². The number of nitrogens with one attached hydrogen (secondary N) is 2. The Balaban J connectivity index is 2.18. The van der Waals surface area contributed by atoms with Gasteiger partial charge in [-0.1, -0.05) is 0 Å². The molecule has 0 saturated carbocycles. The summed E-state index contributed by atoms with van der Waals surface area (Å²) in [5.74, 6) is 0.542. The zero-order valence-electron chi connectivity index (χ0n) is 11.9. The molecule has 2 aromatic rings. The Morgan fingerprint density at radius 3 is 2.65 bits per heavy atom. The van der Waals surface area contributed by atoms with E-state index < -0.39 is 0 Å². The van der Waals surface area contributed by atoms with Crippen LogP contribution < -0.4 is 10.6 Å². The van der Waals surface area contributed by atoms with Crippen LogP contribution in [0.15, 0.2) is 30.5 Å². The van der Waals surface area contributed by atoms with E-state index >= 15 is 0 Å². The van der Waals surface area contributed by atoms with Crippen molar-refractivity contribution in [2.24, 2.45) is 0 Å². The van der Waals surface area contributed by atoms with E-state index in [1.54, 1.807) is 18.3 Å². The van der Waals surface area contributed by atoms with Crippen LogP contribution in [0.1, 0.15) is 28.7 Å². The SMILES string of the molecule is CCNc1cc(C(=O)Nc2ccc(C)nc2)cc(C)n1. The second-order valence-corrected chi connectivity index (χ2v) is 4.56. The number of anilines is 2. The van der Waals surface area contributed by atoms with Crippen LogP contribution in [0.4, 0.5) is 11.5 Å². The molecule has 0 bridgehead atoms. The average molecular weight is 270 g/mol. The van der Waals surface area contributed by atoms with E-state index in [1.807, 2.05) is 32.9 Å². The predicted molar refractivity (Wildman–Crippen MR) is 80.1 cm³/mol. The van der Waals surface area contributed by atoms with Gasteiger partial charge in [0.05, 0.1) is 11.9 Å². The van der Waals surface area contributed by atoms with Gasteiger partial charge in [0.15, 0.2) is 0 Å². The highest BCUT2D eigenvalue weighted by molar-refractivity contribution is 6.04. The smallest absolute Gasteiger partial charge is 0.255 e. The number of hydrogen-bond acceptors (Lipinski definition) is 4. The molecule has 0 radical (unpaired) electrons. The van der Waals surface area contributed by atoms with Gasteiger partial charge in [-0.15, -0.1) is 0 Å². The summed E-state index contributed by atoms with van der Waals surface area (Å²) in [5.41, 5.74) is 2.97. The summed E-state index contributed by atoms with van der Waals surface area (Å²) in [7, 11) is 0. The number of pyridine rings is 2. The van der Waals surface area contributed by atoms with E-state index in [4.69, 9.17) is 0 Å². The first kappa shape index (κ1) is 14.0. The summed E-state index contributed by atoms with van der Waals surface area (Å²) in [5, 5.41) is 5.94. The van der Waals surface area contributed by atoms with Crippen LogP contribution >= 0.6 is 0 Å². The number of carbonyl (C=O) groups excluding carboxylic acids is 1. The zero-order valence-corrected chi connectivity index (χ0v) is 11.9. The highest BCUT2D eigenvalue weighted by atomic mass is 16.1. The van der Waals surface area contributed by atoms with Crippen LogP contribution in [0.3, 0.4) is 0 Å². The van der Waals surface area contributed by atoms with Crippen LogP contribution in [0.2, 0.25) is 0 Å². The summed E-state index contributed by atoms with van der Waals surface area (Å²) >= 11 is 0. The number of amides is 1. The molecule has 104 valence electrons. The van der Waals surface area contributed by atoms with Gasteiger partial charge in [-0.25, -0.2) is 4.98 Å². The topological polar surface area (TPSA) is 66.9 Å². The van der Waals surface area contributed by atoms with Gasteiger partial charge in [0.2, 0.25) is 0 Å². The van der Waals surface area contributed by atoms with Crippen LogP contribution in [-0.2, 0) is 0 Å². The Morgan fingerprint density at radius 2 is 2.00 bits per heavy atom.